The second-order valence-electron chi connectivity index (χ2n) is 7.11. The summed E-state index contributed by atoms with van der Waals surface area (Å²) in [4.78, 5) is 28.0. The van der Waals surface area contributed by atoms with E-state index in [4.69, 9.17) is 9.47 Å². The lowest BCUT2D eigenvalue weighted by molar-refractivity contribution is -0.136. The Hall–Kier alpha value is -1.76. The van der Waals surface area contributed by atoms with Crippen molar-refractivity contribution in [1.29, 1.82) is 0 Å². The van der Waals surface area contributed by atoms with Crippen LogP contribution in [-0.2, 0) is 9.53 Å². The number of hydrogen-bond donors (Lipinski definition) is 0. The molecule has 2 rings (SSSR count). The maximum absolute atomic E-state index is 12.3. The summed E-state index contributed by atoms with van der Waals surface area (Å²) < 4.78 is 11.9. The largest absolute Gasteiger partial charge is 0.484 e. The minimum atomic E-state index is -0.526. The van der Waals surface area contributed by atoms with Crippen molar-refractivity contribution in [2.75, 3.05) is 26.2 Å². The molecule has 1 atom stereocenters. The number of carbonyl (C=O) groups is 2. The van der Waals surface area contributed by atoms with Crippen LogP contribution in [0.2, 0.25) is 0 Å². The Kier molecular flexibility index (Phi) is 6.32. The summed E-state index contributed by atoms with van der Waals surface area (Å²) in [5.74, 6) is 0.565. The Bertz CT molecular complexity index is 612. The van der Waals surface area contributed by atoms with E-state index in [2.05, 4.69) is 15.9 Å². The van der Waals surface area contributed by atoms with Crippen LogP contribution in [0.4, 0.5) is 4.79 Å². The number of rotatable bonds is 3. The molecule has 0 aromatic heterocycles. The monoisotopic (exact) mass is 412 g/mol. The van der Waals surface area contributed by atoms with Crippen molar-refractivity contribution in [2.45, 2.75) is 39.3 Å². The molecule has 1 aromatic rings. The van der Waals surface area contributed by atoms with Crippen LogP contribution in [0, 0.1) is 0 Å². The summed E-state index contributed by atoms with van der Waals surface area (Å²) in [6.45, 7) is 8.84. The van der Waals surface area contributed by atoms with Crippen LogP contribution in [-0.4, -0.2) is 59.7 Å². The zero-order valence-corrected chi connectivity index (χ0v) is 16.7. The van der Waals surface area contributed by atoms with Gasteiger partial charge in [-0.25, -0.2) is 4.79 Å². The van der Waals surface area contributed by atoms with Gasteiger partial charge in [0, 0.05) is 30.1 Å². The van der Waals surface area contributed by atoms with Gasteiger partial charge in [0.25, 0.3) is 5.91 Å². The second-order valence-corrected chi connectivity index (χ2v) is 8.02. The highest BCUT2D eigenvalue weighted by Gasteiger charge is 2.32. The number of benzene rings is 1. The number of hydrogen-bond acceptors (Lipinski definition) is 4. The molecule has 1 heterocycles. The van der Waals surface area contributed by atoms with Crippen LogP contribution in [0.5, 0.6) is 5.75 Å². The third-order valence-electron chi connectivity index (χ3n) is 3.78. The fourth-order valence-corrected chi connectivity index (χ4v) is 2.81. The van der Waals surface area contributed by atoms with E-state index in [0.717, 1.165) is 4.47 Å². The topological polar surface area (TPSA) is 59.1 Å². The average molecular weight is 413 g/mol. The molecule has 25 heavy (non-hydrogen) atoms. The highest BCUT2D eigenvalue weighted by molar-refractivity contribution is 9.10. The minimum absolute atomic E-state index is 0.0131. The number of nitrogens with zero attached hydrogens (tertiary/aromatic N) is 2. The van der Waals surface area contributed by atoms with E-state index in [1.54, 1.807) is 21.9 Å². The molecule has 138 valence electrons. The number of carbonyl (C=O) groups excluding carboxylic acids is 2. The summed E-state index contributed by atoms with van der Waals surface area (Å²) >= 11 is 3.36. The Morgan fingerprint density at radius 3 is 2.40 bits per heavy atom. The van der Waals surface area contributed by atoms with Crippen LogP contribution >= 0.6 is 15.9 Å². The lowest BCUT2D eigenvalue weighted by atomic mass is 10.2. The van der Waals surface area contributed by atoms with Gasteiger partial charge in [0.15, 0.2) is 6.61 Å². The smallest absolute Gasteiger partial charge is 0.410 e. The van der Waals surface area contributed by atoms with Gasteiger partial charge in [0.1, 0.15) is 11.4 Å². The van der Waals surface area contributed by atoms with Gasteiger partial charge in [-0.2, -0.15) is 0 Å². The third kappa shape index (κ3) is 5.92. The molecule has 0 spiro atoms. The quantitative estimate of drug-likeness (QED) is 0.763. The molecule has 1 saturated heterocycles. The molecule has 0 saturated carbocycles. The summed E-state index contributed by atoms with van der Waals surface area (Å²) in [7, 11) is 0. The predicted octanol–water partition coefficient (Wildman–Crippen LogP) is 3.30. The molecule has 0 N–H and O–H groups in total. The second kappa shape index (κ2) is 8.08. The molecular weight excluding hydrogens is 388 g/mol. The van der Waals surface area contributed by atoms with Crippen LogP contribution < -0.4 is 4.74 Å². The zero-order chi connectivity index (χ0) is 18.6. The van der Waals surface area contributed by atoms with Crippen molar-refractivity contribution in [3.63, 3.8) is 0 Å². The Balaban J connectivity index is 1.84. The van der Waals surface area contributed by atoms with Gasteiger partial charge in [0.2, 0.25) is 0 Å². The van der Waals surface area contributed by atoms with Gasteiger partial charge in [-0.1, -0.05) is 15.9 Å². The fraction of sp³-hybridized carbons (Fsp3) is 0.556. The van der Waals surface area contributed by atoms with E-state index in [-0.39, 0.29) is 24.6 Å². The predicted molar refractivity (Wildman–Crippen MR) is 98.6 cm³/mol. The molecular formula is C18H25BrN2O4. The van der Waals surface area contributed by atoms with Crippen LogP contribution in [0.15, 0.2) is 28.7 Å². The molecule has 1 unspecified atom stereocenters. The normalized spacial score (nSPS) is 18.0. The lowest BCUT2D eigenvalue weighted by Gasteiger charge is -2.40. The van der Waals surface area contributed by atoms with Gasteiger partial charge in [-0.05, 0) is 52.0 Å². The van der Waals surface area contributed by atoms with Gasteiger partial charge in [-0.3, -0.25) is 4.79 Å². The van der Waals surface area contributed by atoms with E-state index in [1.807, 2.05) is 39.8 Å². The zero-order valence-electron chi connectivity index (χ0n) is 15.1. The lowest BCUT2D eigenvalue weighted by Crippen LogP contribution is -2.56. The van der Waals surface area contributed by atoms with Crippen LogP contribution in [0.25, 0.3) is 0 Å². The SMILES string of the molecule is CC1CN(C(=O)COc2ccc(Br)cc2)CCN1C(=O)OC(C)(C)C. The van der Waals surface area contributed by atoms with Gasteiger partial charge in [-0.15, -0.1) is 0 Å². The Morgan fingerprint density at radius 2 is 1.84 bits per heavy atom. The fourth-order valence-electron chi connectivity index (χ4n) is 2.54. The molecule has 1 aliphatic heterocycles. The van der Waals surface area contributed by atoms with E-state index >= 15 is 0 Å². The molecule has 0 aliphatic carbocycles. The maximum Gasteiger partial charge on any atom is 0.410 e. The standard InChI is InChI=1S/C18H25BrN2O4/c1-13-11-20(9-10-21(13)17(23)25-18(2,3)4)16(22)12-24-15-7-5-14(19)6-8-15/h5-8,13H,9-12H2,1-4H3. The summed E-state index contributed by atoms with van der Waals surface area (Å²) in [5.41, 5.74) is -0.526. The van der Waals surface area contributed by atoms with Crippen molar-refractivity contribution in [3.05, 3.63) is 28.7 Å². The van der Waals surface area contributed by atoms with Crippen molar-refractivity contribution < 1.29 is 19.1 Å². The van der Waals surface area contributed by atoms with Crippen molar-refractivity contribution in [3.8, 4) is 5.75 Å². The molecule has 2 amide bonds. The first kappa shape index (κ1) is 19.6. The number of amides is 2. The molecule has 1 fully saturated rings. The minimum Gasteiger partial charge on any atom is -0.484 e. The van der Waals surface area contributed by atoms with E-state index in [9.17, 15) is 9.59 Å². The van der Waals surface area contributed by atoms with E-state index in [0.29, 0.717) is 25.4 Å². The molecule has 1 aliphatic rings. The molecule has 6 nitrogen and oxygen atoms in total. The first-order valence-corrected chi connectivity index (χ1v) is 9.11. The number of halogens is 1. The summed E-state index contributed by atoms with van der Waals surface area (Å²) in [6, 6.07) is 7.24. The molecule has 1 aromatic carbocycles. The molecule has 7 heteroatoms. The third-order valence-corrected chi connectivity index (χ3v) is 4.31. The van der Waals surface area contributed by atoms with E-state index < -0.39 is 5.60 Å². The number of piperazine rings is 1. The van der Waals surface area contributed by atoms with Crippen molar-refractivity contribution in [2.24, 2.45) is 0 Å². The average Bonchev–Trinajstić information content (AvgIpc) is 2.52. The summed E-state index contributed by atoms with van der Waals surface area (Å²) in [5, 5.41) is 0. The molecule has 0 bridgehead atoms. The highest BCUT2D eigenvalue weighted by Crippen LogP contribution is 2.18. The van der Waals surface area contributed by atoms with Crippen molar-refractivity contribution >= 4 is 27.9 Å². The van der Waals surface area contributed by atoms with Crippen molar-refractivity contribution in [1.82, 2.24) is 9.80 Å². The first-order chi connectivity index (χ1) is 11.7. The first-order valence-electron chi connectivity index (χ1n) is 8.31. The number of ether oxygens (including phenoxy) is 2. The van der Waals surface area contributed by atoms with Crippen LogP contribution in [0.3, 0.4) is 0 Å². The summed E-state index contributed by atoms with van der Waals surface area (Å²) in [6.07, 6.45) is -0.335. The van der Waals surface area contributed by atoms with Gasteiger partial charge < -0.3 is 19.3 Å². The molecule has 0 radical (unpaired) electrons. The highest BCUT2D eigenvalue weighted by atomic mass is 79.9. The van der Waals surface area contributed by atoms with Gasteiger partial charge in [0.05, 0.1) is 0 Å². The van der Waals surface area contributed by atoms with E-state index in [1.165, 1.54) is 0 Å². The Morgan fingerprint density at radius 1 is 1.20 bits per heavy atom. The van der Waals surface area contributed by atoms with Crippen LogP contribution in [0.1, 0.15) is 27.7 Å². The van der Waals surface area contributed by atoms with Gasteiger partial charge >= 0.3 is 6.09 Å². The Labute approximate surface area is 157 Å². The maximum atomic E-state index is 12.3.